The highest BCUT2D eigenvalue weighted by Crippen LogP contribution is 2.26. The number of rotatable bonds is 6. The summed E-state index contributed by atoms with van der Waals surface area (Å²) >= 11 is 1.57. The van der Waals surface area contributed by atoms with E-state index in [4.69, 9.17) is 0 Å². The van der Waals surface area contributed by atoms with Gasteiger partial charge in [0.2, 0.25) is 0 Å². The Morgan fingerprint density at radius 1 is 1.24 bits per heavy atom. The van der Waals surface area contributed by atoms with Crippen molar-refractivity contribution in [3.05, 3.63) is 29.6 Å². The van der Waals surface area contributed by atoms with Gasteiger partial charge in [-0.15, -0.1) is 11.3 Å². The first-order valence-electron chi connectivity index (χ1n) is 6.86. The standard InChI is InChI=1S/C15H20N2O2S2/c1-11(2)8-9-16-15-17-14(10-20-15)12-4-6-13(7-5-12)21(3,18)19/h4-7,10-11H,8-9H2,1-3H3,(H,16,17). The van der Waals surface area contributed by atoms with Crippen molar-refractivity contribution in [1.29, 1.82) is 0 Å². The van der Waals surface area contributed by atoms with E-state index in [-0.39, 0.29) is 0 Å². The van der Waals surface area contributed by atoms with Crippen LogP contribution in [0.25, 0.3) is 11.3 Å². The molecule has 0 atom stereocenters. The fourth-order valence-corrected chi connectivity index (χ4v) is 3.21. The van der Waals surface area contributed by atoms with Crippen LogP contribution in [0, 0.1) is 5.92 Å². The fraction of sp³-hybridized carbons (Fsp3) is 0.400. The van der Waals surface area contributed by atoms with E-state index in [9.17, 15) is 8.42 Å². The summed E-state index contributed by atoms with van der Waals surface area (Å²) in [4.78, 5) is 4.86. The molecule has 0 saturated heterocycles. The number of anilines is 1. The summed E-state index contributed by atoms with van der Waals surface area (Å²) in [7, 11) is -3.15. The van der Waals surface area contributed by atoms with Crippen LogP contribution in [0.2, 0.25) is 0 Å². The lowest BCUT2D eigenvalue weighted by Crippen LogP contribution is -2.04. The molecule has 0 saturated carbocycles. The molecule has 1 heterocycles. The maximum atomic E-state index is 11.4. The Balaban J connectivity index is 2.07. The normalized spacial score (nSPS) is 11.8. The van der Waals surface area contributed by atoms with Gasteiger partial charge in [-0.25, -0.2) is 13.4 Å². The monoisotopic (exact) mass is 324 g/mol. The van der Waals surface area contributed by atoms with Crippen molar-refractivity contribution in [3.63, 3.8) is 0 Å². The first kappa shape index (κ1) is 16.0. The predicted molar refractivity (Wildman–Crippen MR) is 88.6 cm³/mol. The Kier molecular flexibility index (Phi) is 5.00. The molecule has 0 aliphatic carbocycles. The van der Waals surface area contributed by atoms with Gasteiger partial charge in [-0.1, -0.05) is 26.0 Å². The minimum atomic E-state index is -3.15. The summed E-state index contributed by atoms with van der Waals surface area (Å²) in [6.45, 7) is 5.30. The first-order valence-corrected chi connectivity index (χ1v) is 9.63. The third kappa shape index (κ3) is 4.54. The molecule has 1 N–H and O–H groups in total. The smallest absolute Gasteiger partial charge is 0.183 e. The van der Waals surface area contributed by atoms with Gasteiger partial charge in [0.15, 0.2) is 15.0 Å². The quantitative estimate of drug-likeness (QED) is 0.881. The zero-order valence-corrected chi connectivity index (χ0v) is 14.1. The predicted octanol–water partition coefficient (Wildman–Crippen LogP) is 3.67. The zero-order valence-electron chi connectivity index (χ0n) is 12.5. The highest BCUT2D eigenvalue weighted by atomic mass is 32.2. The highest BCUT2D eigenvalue weighted by Gasteiger charge is 2.09. The molecule has 0 amide bonds. The molecule has 114 valence electrons. The molecule has 0 bridgehead atoms. The average molecular weight is 324 g/mol. The first-order chi connectivity index (χ1) is 9.86. The Bertz CT molecular complexity index is 689. The van der Waals surface area contributed by atoms with E-state index < -0.39 is 9.84 Å². The van der Waals surface area contributed by atoms with Gasteiger partial charge in [0.1, 0.15) is 0 Å². The molecular formula is C15H20N2O2S2. The summed E-state index contributed by atoms with van der Waals surface area (Å²) in [5.41, 5.74) is 1.79. The van der Waals surface area contributed by atoms with E-state index in [1.54, 1.807) is 35.6 Å². The van der Waals surface area contributed by atoms with Crippen LogP contribution in [0.4, 0.5) is 5.13 Å². The maximum Gasteiger partial charge on any atom is 0.183 e. The lowest BCUT2D eigenvalue weighted by atomic mass is 10.1. The van der Waals surface area contributed by atoms with Gasteiger partial charge in [-0.3, -0.25) is 0 Å². The van der Waals surface area contributed by atoms with Crippen LogP contribution in [0.5, 0.6) is 0 Å². The molecule has 0 aliphatic rings. The molecule has 0 aliphatic heterocycles. The van der Waals surface area contributed by atoms with Crippen LogP contribution < -0.4 is 5.32 Å². The van der Waals surface area contributed by atoms with Crippen LogP contribution in [0.3, 0.4) is 0 Å². The molecule has 1 aromatic heterocycles. The average Bonchev–Trinajstić information content (AvgIpc) is 2.86. The van der Waals surface area contributed by atoms with Crippen LogP contribution in [-0.4, -0.2) is 26.2 Å². The topological polar surface area (TPSA) is 59.1 Å². The third-order valence-corrected chi connectivity index (χ3v) is 5.01. The Hall–Kier alpha value is -1.40. The molecule has 2 aromatic rings. The van der Waals surface area contributed by atoms with Crippen molar-refractivity contribution in [3.8, 4) is 11.3 Å². The number of hydrogen-bond donors (Lipinski definition) is 1. The van der Waals surface area contributed by atoms with Gasteiger partial charge >= 0.3 is 0 Å². The summed E-state index contributed by atoms with van der Waals surface area (Å²) in [5, 5.41) is 6.19. The summed E-state index contributed by atoms with van der Waals surface area (Å²) in [6.07, 6.45) is 2.32. The molecule has 4 nitrogen and oxygen atoms in total. The number of nitrogens with zero attached hydrogens (tertiary/aromatic N) is 1. The third-order valence-electron chi connectivity index (χ3n) is 3.08. The fourth-order valence-electron chi connectivity index (χ4n) is 1.83. The van der Waals surface area contributed by atoms with Crippen molar-refractivity contribution in [2.24, 2.45) is 5.92 Å². The molecule has 1 aromatic carbocycles. The largest absolute Gasteiger partial charge is 0.361 e. The van der Waals surface area contributed by atoms with Crippen LogP contribution >= 0.6 is 11.3 Å². The number of thiazole rings is 1. The van der Waals surface area contributed by atoms with Crippen LogP contribution in [-0.2, 0) is 9.84 Å². The molecule has 0 radical (unpaired) electrons. The molecule has 0 fully saturated rings. The number of aromatic nitrogens is 1. The van der Waals surface area contributed by atoms with E-state index >= 15 is 0 Å². The molecular weight excluding hydrogens is 304 g/mol. The van der Waals surface area contributed by atoms with Gasteiger partial charge in [-0.2, -0.15) is 0 Å². The van der Waals surface area contributed by atoms with E-state index in [1.165, 1.54) is 6.26 Å². The number of benzene rings is 1. The van der Waals surface area contributed by atoms with Crippen LogP contribution in [0.15, 0.2) is 34.5 Å². The van der Waals surface area contributed by atoms with Gasteiger partial charge in [0.25, 0.3) is 0 Å². The van der Waals surface area contributed by atoms with Gasteiger partial charge in [0.05, 0.1) is 10.6 Å². The molecule has 0 spiro atoms. The lowest BCUT2D eigenvalue weighted by Gasteiger charge is -2.04. The second-order valence-corrected chi connectivity index (χ2v) is 8.32. The van der Waals surface area contributed by atoms with E-state index in [0.717, 1.165) is 29.4 Å². The van der Waals surface area contributed by atoms with Crippen molar-refractivity contribution >= 4 is 26.3 Å². The van der Waals surface area contributed by atoms with Crippen molar-refractivity contribution in [1.82, 2.24) is 4.98 Å². The van der Waals surface area contributed by atoms with Gasteiger partial charge < -0.3 is 5.32 Å². The van der Waals surface area contributed by atoms with E-state index in [0.29, 0.717) is 10.8 Å². The van der Waals surface area contributed by atoms with Crippen molar-refractivity contribution in [2.45, 2.75) is 25.2 Å². The molecule has 2 rings (SSSR count). The number of nitrogens with one attached hydrogen (secondary N) is 1. The van der Waals surface area contributed by atoms with Crippen molar-refractivity contribution < 1.29 is 8.42 Å². The van der Waals surface area contributed by atoms with Crippen molar-refractivity contribution in [2.75, 3.05) is 18.1 Å². The molecule has 6 heteroatoms. The Morgan fingerprint density at radius 2 is 1.90 bits per heavy atom. The summed E-state index contributed by atoms with van der Waals surface area (Å²) in [6, 6.07) is 6.83. The van der Waals surface area contributed by atoms with E-state index in [1.807, 2.05) is 5.38 Å². The Labute approximate surface area is 130 Å². The van der Waals surface area contributed by atoms with E-state index in [2.05, 4.69) is 24.1 Å². The number of hydrogen-bond acceptors (Lipinski definition) is 5. The van der Waals surface area contributed by atoms with Gasteiger partial charge in [0, 0.05) is 23.7 Å². The Morgan fingerprint density at radius 3 is 2.48 bits per heavy atom. The summed E-state index contributed by atoms with van der Waals surface area (Å²) < 4.78 is 22.9. The zero-order chi connectivity index (χ0) is 15.5. The highest BCUT2D eigenvalue weighted by molar-refractivity contribution is 7.90. The lowest BCUT2D eigenvalue weighted by molar-refractivity contribution is 0.602. The number of sulfone groups is 1. The minimum absolute atomic E-state index is 0.330. The second kappa shape index (κ2) is 6.58. The molecule has 21 heavy (non-hydrogen) atoms. The molecule has 0 unspecified atom stereocenters. The minimum Gasteiger partial charge on any atom is -0.361 e. The maximum absolute atomic E-state index is 11.4. The second-order valence-electron chi connectivity index (χ2n) is 5.44. The summed E-state index contributed by atoms with van der Waals surface area (Å²) in [5.74, 6) is 0.667. The van der Waals surface area contributed by atoms with Gasteiger partial charge in [-0.05, 0) is 24.5 Å². The van der Waals surface area contributed by atoms with Crippen LogP contribution in [0.1, 0.15) is 20.3 Å². The SMILES string of the molecule is CC(C)CCNc1nc(-c2ccc(S(C)(=O)=O)cc2)cs1.